The molecule has 2 amide bonds. The fourth-order valence-corrected chi connectivity index (χ4v) is 4.61. The Morgan fingerprint density at radius 2 is 1.72 bits per heavy atom. The quantitative estimate of drug-likeness (QED) is 0.691. The average molecular weight is 431 g/mol. The molecule has 32 heavy (non-hydrogen) atoms. The van der Waals surface area contributed by atoms with Crippen LogP contribution in [0.25, 0.3) is 0 Å². The van der Waals surface area contributed by atoms with E-state index >= 15 is 0 Å². The van der Waals surface area contributed by atoms with E-state index in [-0.39, 0.29) is 11.8 Å². The van der Waals surface area contributed by atoms with E-state index in [0.29, 0.717) is 44.6 Å². The molecule has 0 bridgehead atoms. The van der Waals surface area contributed by atoms with Gasteiger partial charge in [0.25, 0.3) is 11.8 Å². The summed E-state index contributed by atoms with van der Waals surface area (Å²) in [7, 11) is 0. The normalized spacial score (nSPS) is 19.4. The summed E-state index contributed by atoms with van der Waals surface area (Å²) in [5.41, 5.74) is 1.07. The first-order valence-electron chi connectivity index (χ1n) is 11.0. The third kappa shape index (κ3) is 3.91. The summed E-state index contributed by atoms with van der Waals surface area (Å²) in [6.45, 7) is 2.00. The highest BCUT2D eigenvalue weighted by atomic mass is 16.5. The monoisotopic (exact) mass is 430 g/mol. The Kier molecular flexibility index (Phi) is 5.49. The molecule has 0 radical (unpaired) electrons. The lowest BCUT2D eigenvalue weighted by atomic mass is 9.88. The largest absolute Gasteiger partial charge is 0.352 e. The molecule has 164 valence electrons. The van der Waals surface area contributed by atoms with Crippen molar-refractivity contribution in [1.82, 2.24) is 19.8 Å². The van der Waals surface area contributed by atoms with Gasteiger partial charge in [-0.3, -0.25) is 9.59 Å². The third-order valence-electron chi connectivity index (χ3n) is 6.33. The van der Waals surface area contributed by atoms with Crippen molar-refractivity contribution in [2.45, 2.75) is 37.6 Å². The first kappa shape index (κ1) is 20.5. The smallest absolute Gasteiger partial charge is 0.253 e. The third-order valence-corrected chi connectivity index (χ3v) is 6.33. The van der Waals surface area contributed by atoms with Crippen molar-refractivity contribution in [3.63, 3.8) is 0 Å². The molecule has 1 fully saturated rings. The van der Waals surface area contributed by atoms with E-state index < -0.39 is 11.7 Å². The fourth-order valence-electron chi connectivity index (χ4n) is 4.61. The van der Waals surface area contributed by atoms with Gasteiger partial charge in [0.2, 0.25) is 0 Å². The molecule has 1 atom stereocenters. The molecule has 3 heterocycles. The second-order valence-corrected chi connectivity index (χ2v) is 8.37. The fraction of sp³-hybridized carbons (Fsp3) is 0.320. The van der Waals surface area contributed by atoms with Crippen LogP contribution in [0.2, 0.25) is 0 Å². The van der Waals surface area contributed by atoms with Crippen LogP contribution in [0.3, 0.4) is 0 Å². The summed E-state index contributed by atoms with van der Waals surface area (Å²) in [6.07, 6.45) is 4.26. The topological polar surface area (TPSA) is 76.5 Å². The highest BCUT2D eigenvalue weighted by Gasteiger charge is 2.47. The second kappa shape index (κ2) is 8.59. The Bertz CT molecular complexity index is 1090. The van der Waals surface area contributed by atoms with Crippen LogP contribution < -0.4 is 5.32 Å². The number of rotatable bonds is 4. The highest BCUT2D eigenvalue weighted by molar-refractivity contribution is 5.94. The molecule has 0 saturated carbocycles. The van der Waals surface area contributed by atoms with Gasteiger partial charge in [-0.05, 0) is 17.7 Å². The summed E-state index contributed by atoms with van der Waals surface area (Å²) < 4.78 is 8.47. The van der Waals surface area contributed by atoms with Gasteiger partial charge in [-0.1, -0.05) is 48.5 Å². The lowest BCUT2D eigenvalue weighted by Crippen LogP contribution is -2.54. The van der Waals surface area contributed by atoms with Crippen LogP contribution >= 0.6 is 0 Å². The molecule has 1 aromatic heterocycles. The summed E-state index contributed by atoms with van der Waals surface area (Å²) in [6, 6.07) is 19.2. The molecule has 5 rings (SSSR count). The number of fused-ring (bicyclic) bond motifs is 2. The highest BCUT2D eigenvalue weighted by Crippen LogP contribution is 2.40. The van der Waals surface area contributed by atoms with Gasteiger partial charge >= 0.3 is 0 Å². The van der Waals surface area contributed by atoms with Crippen molar-refractivity contribution in [2.75, 3.05) is 13.1 Å². The maximum Gasteiger partial charge on any atom is 0.253 e. The van der Waals surface area contributed by atoms with E-state index in [1.807, 2.05) is 76.3 Å². The number of aromatic nitrogens is 2. The molecule has 2 aromatic carbocycles. The van der Waals surface area contributed by atoms with Gasteiger partial charge in [0.05, 0.1) is 6.54 Å². The number of benzene rings is 2. The first-order chi connectivity index (χ1) is 15.6. The molecule has 7 nitrogen and oxygen atoms in total. The Labute approximate surface area is 187 Å². The van der Waals surface area contributed by atoms with Crippen molar-refractivity contribution in [1.29, 1.82) is 0 Å². The number of imidazole rings is 1. The van der Waals surface area contributed by atoms with Crippen LogP contribution in [0.5, 0.6) is 0 Å². The zero-order valence-corrected chi connectivity index (χ0v) is 17.8. The number of nitrogens with one attached hydrogen (secondary N) is 1. The Hall–Kier alpha value is -3.45. The number of amides is 2. The van der Waals surface area contributed by atoms with Crippen molar-refractivity contribution in [3.05, 3.63) is 90.0 Å². The Balaban J connectivity index is 1.29. The van der Waals surface area contributed by atoms with Crippen LogP contribution in [-0.4, -0.2) is 45.5 Å². The Morgan fingerprint density at radius 3 is 2.44 bits per heavy atom. The van der Waals surface area contributed by atoms with E-state index in [2.05, 4.69) is 10.3 Å². The van der Waals surface area contributed by atoms with Gasteiger partial charge in [-0.15, -0.1) is 0 Å². The van der Waals surface area contributed by atoms with Crippen LogP contribution in [0.4, 0.5) is 0 Å². The minimum absolute atomic E-state index is 0.0248. The lowest BCUT2D eigenvalue weighted by Gasteiger charge is -2.45. The number of hydrogen-bond donors (Lipinski definition) is 1. The average Bonchev–Trinajstić information content (AvgIpc) is 3.34. The zero-order chi connectivity index (χ0) is 22.0. The molecule has 1 unspecified atom stereocenters. The molecule has 1 saturated heterocycles. The van der Waals surface area contributed by atoms with Crippen LogP contribution in [-0.2, 0) is 28.2 Å². The number of ether oxygens (including phenoxy) is 1. The molecule has 2 aliphatic rings. The van der Waals surface area contributed by atoms with E-state index in [1.165, 1.54) is 0 Å². The molecule has 0 aliphatic carbocycles. The minimum atomic E-state index is -0.663. The van der Waals surface area contributed by atoms with Gasteiger partial charge < -0.3 is 19.5 Å². The van der Waals surface area contributed by atoms with Crippen LogP contribution in [0, 0.1) is 0 Å². The standard InChI is InChI=1S/C25H26N4O3/c30-22(27-17-19-7-3-1-4-8-19)21-18-29-16-13-26-24(29)25(32-21)11-14-28(15-12-25)23(31)20-9-5-2-6-10-20/h1-10,13,16,21H,11-12,14-15,17-18H2,(H,27,30). The van der Waals surface area contributed by atoms with Crippen LogP contribution in [0.1, 0.15) is 34.6 Å². The number of hydrogen-bond acceptors (Lipinski definition) is 4. The predicted octanol–water partition coefficient (Wildman–Crippen LogP) is 2.73. The van der Waals surface area contributed by atoms with Crippen molar-refractivity contribution < 1.29 is 14.3 Å². The molecule has 3 aromatic rings. The summed E-state index contributed by atoms with van der Waals surface area (Å²) >= 11 is 0. The minimum Gasteiger partial charge on any atom is -0.352 e. The predicted molar refractivity (Wildman–Crippen MR) is 119 cm³/mol. The molecular formula is C25H26N4O3. The summed E-state index contributed by atoms with van der Waals surface area (Å²) in [5, 5.41) is 3.00. The molecular weight excluding hydrogens is 404 g/mol. The van der Waals surface area contributed by atoms with Crippen LogP contribution in [0.15, 0.2) is 73.1 Å². The van der Waals surface area contributed by atoms with E-state index in [9.17, 15) is 9.59 Å². The first-order valence-corrected chi connectivity index (χ1v) is 11.0. The number of carbonyl (C=O) groups is 2. The maximum absolute atomic E-state index is 13.0. The van der Waals surface area contributed by atoms with Crippen molar-refractivity contribution in [3.8, 4) is 0 Å². The lowest BCUT2D eigenvalue weighted by molar-refractivity contribution is -0.172. The SMILES string of the molecule is O=C(NCc1ccccc1)C1Cn2ccnc2C2(CCN(C(=O)c3ccccc3)CC2)O1. The summed E-state index contributed by atoms with van der Waals surface area (Å²) in [4.78, 5) is 32.2. The van der Waals surface area contributed by atoms with E-state index in [0.717, 1.165) is 11.4 Å². The van der Waals surface area contributed by atoms with Gasteiger partial charge in [-0.2, -0.15) is 0 Å². The summed E-state index contributed by atoms with van der Waals surface area (Å²) in [5.74, 6) is 0.739. The van der Waals surface area contributed by atoms with Crippen molar-refractivity contribution in [2.24, 2.45) is 0 Å². The molecule has 2 aliphatic heterocycles. The number of nitrogens with zero attached hydrogens (tertiary/aromatic N) is 3. The van der Waals surface area contributed by atoms with E-state index in [1.54, 1.807) is 6.20 Å². The van der Waals surface area contributed by atoms with Gasteiger partial charge in [0.1, 0.15) is 11.4 Å². The van der Waals surface area contributed by atoms with Gasteiger partial charge in [0.15, 0.2) is 6.10 Å². The van der Waals surface area contributed by atoms with E-state index in [4.69, 9.17) is 4.74 Å². The zero-order valence-electron chi connectivity index (χ0n) is 17.8. The number of piperidine rings is 1. The van der Waals surface area contributed by atoms with Crippen molar-refractivity contribution >= 4 is 11.8 Å². The second-order valence-electron chi connectivity index (χ2n) is 8.37. The molecule has 1 spiro atoms. The number of carbonyl (C=O) groups excluding carboxylic acids is 2. The molecule has 7 heteroatoms. The Morgan fingerprint density at radius 1 is 1.03 bits per heavy atom. The number of likely N-dealkylation sites (tertiary alicyclic amines) is 1. The maximum atomic E-state index is 13.0. The molecule has 1 N–H and O–H groups in total. The van der Waals surface area contributed by atoms with Gasteiger partial charge in [0, 0.05) is 50.4 Å². The van der Waals surface area contributed by atoms with Gasteiger partial charge in [-0.25, -0.2) is 4.98 Å².